The molecule has 100 valence electrons. The highest BCUT2D eigenvalue weighted by molar-refractivity contribution is 7.15. The first kappa shape index (κ1) is 14.0. The van der Waals surface area contributed by atoms with E-state index in [0.717, 1.165) is 27.4 Å². The molecule has 2 rings (SSSR count). The van der Waals surface area contributed by atoms with E-state index in [-0.39, 0.29) is 12.5 Å². The molecule has 0 bridgehead atoms. The van der Waals surface area contributed by atoms with Gasteiger partial charge in [-0.05, 0) is 24.1 Å². The summed E-state index contributed by atoms with van der Waals surface area (Å²) in [7, 11) is 0. The number of halogens is 1. The molecular weight excluding hydrogens is 282 g/mol. The number of rotatable bonds is 4. The fourth-order valence-corrected chi connectivity index (χ4v) is 2.63. The lowest BCUT2D eigenvalue weighted by Gasteiger charge is -2.02. The fourth-order valence-electron chi connectivity index (χ4n) is 1.56. The maximum Gasteiger partial charge on any atom is 0.239 e. The largest absolute Gasteiger partial charge is 0.322 e. The van der Waals surface area contributed by atoms with Gasteiger partial charge in [0.05, 0.1) is 6.54 Å². The number of nitrogens with zero attached hydrogens (tertiary/aromatic N) is 1. The first-order valence-corrected chi connectivity index (χ1v) is 6.97. The van der Waals surface area contributed by atoms with Gasteiger partial charge in [0.2, 0.25) is 5.91 Å². The topological polar surface area (TPSA) is 68.0 Å². The lowest BCUT2D eigenvalue weighted by molar-refractivity contribution is -0.114. The zero-order valence-corrected chi connectivity index (χ0v) is 12.0. The van der Waals surface area contributed by atoms with E-state index in [0.29, 0.717) is 5.13 Å². The molecule has 0 fully saturated rings. The second kappa shape index (κ2) is 6.14. The molecule has 1 heterocycles. The van der Waals surface area contributed by atoms with Crippen molar-refractivity contribution in [2.24, 2.45) is 5.73 Å². The Hall–Kier alpha value is -1.43. The Morgan fingerprint density at radius 3 is 3.00 bits per heavy atom. The Kier molecular flexibility index (Phi) is 4.52. The molecule has 0 aliphatic rings. The number of carbonyl (C=O) groups excluding carboxylic acids is 1. The third kappa shape index (κ3) is 3.76. The van der Waals surface area contributed by atoms with Crippen molar-refractivity contribution in [3.63, 3.8) is 0 Å². The van der Waals surface area contributed by atoms with Crippen LogP contribution in [0.1, 0.15) is 16.0 Å². The molecule has 0 unspecified atom stereocenters. The number of nitrogens with one attached hydrogen (secondary N) is 1. The summed E-state index contributed by atoms with van der Waals surface area (Å²) in [6, 6.07) is 5.99. The summed E-state index contributed by atoms with van der Waals surface area (Å²) in [6.07, 6.45) is 2.50. The molecule has 4 nitrogen and oxygen atoms in total. The molecular formula is C13H14ClN3OS. The third-order valence-electron chi connectivity index (χ3n) is 2.60. The molecule has 6 heteroatoms. The predicted molar refractivity (Wildman–Crippen MR) is 78.8 cm³/mol. The number of aromatic nitrogens is 1. The van der Waals surface area contributed by atoms with E-state index in [2.05, 4.69) is 10.3 Å². The van der Waals surface area contributed by atoms with Crippen LogP contribution >= 0.6 is 22.9 Å². The van der Waals surface area contributed by atoms with Gasteiger partial charge in [-0.25, -0.2) is 4.98 Å². The van der Waals surface area contributed by atoms with Crippen molar-refractivity contribution in [3.05, 3.63) is 45.4 Å². The molecule has 0 saturated carbocycles. The Bertz CT molecular complexity index is 597. The van der Waals surface area contributed by atoms with Crippen LogP contribution in [0, 0.1) is 6.92 Å². The summed E-state index contributed by atoms with van der Waals surface area (Å²) in [5.74, 6) is -0.237. The SMILES string of the molecule is Cc1ccc(Cc2cnc(NC(=O)CN)s2)cc1Cl. The summed E-state index contributed by atoms with van der Waals surface area (Å²) >= 11 is 7.53. The minimum atomic E-state index is -0.237. The van der Waals surface area contributed by atoms with Gasteiger partial charge in [0.15, 0.2) is 5.13 Å². The number of hydrogen-bond donors (Lipinski definition) is 2. The standard InChI is InChI=1S/C13H14ClN3OS/c1-8-2-3-9(5-11(8)14)4-10-7-16-13(19-10)17-12(18)6-15/h2-3,5,7H,4,6,15H2,1H3,(H,16,17,18). The molecule has 1 aromatic carbocycles. The highest BCUT2D eigenvalue weighted by atomic mass is 35.5. The second-order valence-corrected chi connectivity index (χ2v) is 5.67. The number of amides is 1. The molecule has 3 N–H and O–H groups in total. The van der Waals surface area contributed by atoms with Gasteiger partial charge in [-0.2, -0.15) is 0 Å². The van der Waals surface area contributed by atoms with E-state index in [9.17, 15) is 4.79 Å². The van der Waals surface area contributed by atoms with Crippen molar-refractivity contribution in [2.45, 2.75) is 13.3 Å². The van der Waals surface area contributed by atoms with Gasteiger partial charge in [-0.3, -0.25) is 4.79 Å². The Morgan fingerprint density at radius 1 is 1.53 bits per heavy atom. The number of hydrogen-bond acceptors (Lipinski definition) is 4. The zero-order valence-electron chi connectivity index (χ0n) is 10.4. The molecule has 0 spiro atoms. The van der Waals surface area contributed by atoms with Crippen LogP contribution in [0.3, 0.4) is 0 Å². The third-order valence-corrected chi connectivity index (χ3v) is 3.92. The van der Waals surface area contributed by atoms with E-state index < -0.39 is 0 Å². The van der Waals surface area contributed by atoms with Crippen molar-refractivity contribution >= 4 is 34.0 Å². The fraction of sp³-hybridized carbons (Fsp3) is 0.231. The van der Waals surface area contributed by atoms with Crippen LogP contribution in [0.25, 0.3) is 0 Å². The molecule has 1 aromatic heterocycles. The van der Waals surface area contributed by atoms with E-state index in [4.69, 9.17) is 17.3 Å². The van der Waals surface area contributed by atoms with Crippen LogP contribution < -0.4 is 11.1 Å². The number of carbonyl (C=O) groups is 1. The van der Waals surface area contributed by atoms with E-state index >= 15 is 0 Å². The average Bonchev–Trinajstić information content (AvgIpc) is 2.81. The van der Waals surface area contributed by atoms with Crippen LogP contribution in [0.4, 0.5) is 5.13 Å². The van der Waals surface area contributed by atoms with Crippen LogP contribution in [0.5, 0.6) is 0 Å². The zero-order chi connectivity index (χ0) is 13.8. The smallest absolute Gasteiger partial charge is 0.239 e. The van der Waals surface area contributed by atoms with E-state index in [1.807, 2.05) is 25.1 Å². The lowest BCUT2D eigenvalue weighted by Crippen LogP contribution is -2.21. The first-order valence-electron chi connectivity index (χ1n) is 5.78. The van der Waals surface area contributed by atoms with Crippen LogP contribution in [-0.4, -0.2) is 17.4 Å². The summed E-state index contributed by atoms with van der Waals surface area (Å²) in [5, 5.41) is 3.97. The van der Waals surface area contributed by atoms with Crippen molar-refractivity contribution < 1.29 is 4.79 Å². The highest BCUT2D eigenvalue weighted by Crippen LogP contribution is 2.23. The Balaban J connectivity index is 2.07. The number of benzene rings is 1. The van der Waals surface area contributed by atoms with Crippen LogP contribution in [-0.2, 0) is 11.2 Å². The second-order valence-electron chi connectivity index (χ2n) is 4.14. The molecule has 0 atom stereocenters. The highest BCUT2D eigenvalue weighted by Gasteiger charge is 2.06. The van der Waals surface area contributed by atoms with Gasteiger partial charge >= 0.3 is 0 Å². The summed E-state index contributed by atoms with van der Waals surface area (Å²) < 4.78 is 0. The number of nitrogens with two attached hydrogens (primary N) is 1. The first-order chi connectivity index (χ1) is 9.08. The quantitative estimate of drug-likeness (QED) is 0.911. The number of thiazole rings is 1. The molecule has 0 aliphatic heterocycles. The predicted octanol–water partition coefficient (Wildman–Crippen LogP) is 2.59. The molecule has 1 amide bonds. The van der Waals surface area contributed by atoms with Crippen molar-refractivity contribution in [1.29, 1.82) is 0 Å². The van der Waals surface area contributed by atoms with Gasteiger partial charge < -0.3 is 11.1 Å². The molecule has 0 radical (unpaired) electrons. The normalized spacial score (nSPS) is 10.5. The van der Waals surface area contributed by atoms with Gasteiger partial charge in [0.1, 0.15) is 0 Å². The van der Waals surface area contributed by atoms with Crippen molar-refractivity contribution in [1.82, 2.24) is 4.98 Å². The van der Waals surface area contributed by atoms with Crippen molar-refractivity contribution in [3.8, 4) is 0 Å². The molecule has 0 aliphatic carbocycles. The maximum atomic E-state index is 11.1. The minimum Gasteiger partial charge on any atom is -0.322 e. The molecule has 19 heavy (non-hydrogen) atoms. The Labute approximate surface area is 120 Å². The van der Waals surface area contributed by atoms with Gasteiger partial charge in [-0.1, -0.05) is 23.7 Å². The number of aryl methyl sites for hydroxylation is 1. The monoisotopic (exact) mass is 295 g/mol. The number of anilines is 1. The van der Waals surface area contributed by atoms with Crippen molar-refractivity contribution in [2.75, 3.05) is 11.9 Å². The summed E-state index contributed by atoms with van der Waals surface area (Å²) in [5.41, 5.74) is 7.41. The van der Waals surface area contributed by atoms with Crippen LogP contribution in [0.2, 0.25) is 5.02 Å². The molecule has 0 saturated heterocycles. The molecule has 2 aromatic rings. The van der Waals surface area contributed by atoms with E-state index in [1.165, 1.54) is 11.3 Å². The van der Waals surface area contributed by atoms with Crippen LogP contribution in [0.15, 0.2) is 24.4 Å². The summed E-state index contributed by atoms with van der Waals surface area (Å²) in [6.45, 7) is 1.93. The van der Waals surface area contributed by atoms with Gasteiger partial charge in [0.25, 0.3) is 0 Å². The van der Waals surface area contributed by atoms with Gasteiger partial charge in [-0.15, -0.1) is 11.3 Å². The lowest BCUT2D eigenvalue weighted by atomic mass is 10.1. The Morgan fingerprint density at radius 2 is 2.32 bits per heavy atom. The van der Waals surface area contributed by atoms with Gasteiger partial charge in [0, 0.05) is 22.5 Å². The summed E-state index contributed by atoms with van der Waals surface area (Å²) in [4.78, 5) is 16.3. The minimum absolute atomic E-state index is 0.0392. The maximum absolute atomic E-state index is 11.1. The van der Waals surface area contributed by atoms with E-state index in [1.54, 1.807) is 6.20 Å². The average molecular weight is 296 g/mol.